The summed E-state index contributed by atoms with van der Waals surface area (Å²) in [5, 5.41) is 2.78. The van der Waals surface area contributed by atoms with Gasteiger partial charge < -0.3 is 11.1 Å². The van der Waals surface area contributed by atoms with Crippen molar-refractivity contribution in [2.75, 3.05) is 13.1 Å². The van der Waals surface area contributed by atoms with Gasteiger partial charge in [-0.05, 0) is 25.2 Å². The standard InChI is InChI=1S/C12H20N2O2/c1-11(2)8-3-4-12(7-8,9(11)15)10(16)14-6-5-13/h8H,3-7,13H2,1-2H3,(H,14,16)/t8-,12-/m0/s1. The second kappa shape index (κ2) is 3.55. The van der Waals surface area contributed by atoms with Crippen molar-refractivity contribution < 1.29 is 9.59 Å². The molecule has 2 saturated carbocycles. The van der Waals surface area contributed by atoms with Gasteiger partial charge in [-0.3, -0.25) is 9.59 Å². The number of nitrogens with two attached hydrogens (primary N) is 1. The van der Waals surface area contributed by atoms with E-state index in [0.717, 1.165) is 19.3 Å². The summed E-state index contributed by atoms with van der Waals surface area (Å²) in [6.45, 7) is 4.82. The molecule has 0 unspecified atom stereocenters. The second-order valence-corrected chi connectivity index (χ2v) is 5.62. The Bertz CT molecular complexity index is 338. The highest BCUT2D eigenvalue weighted by Gasteiger charge is 2.64. The topological polar surface area (TPSA) is 72.2 Å². The van der Waals surface area contributed by atoms with Gasteiger partial charge in [0.25, 0.3) is 0 Å². The number of Topliss-reactive ketones (excluding diaryl/α,β-unsaturated/α-hetero) is 1. The minimum atomic E-state index is -0.733. The van der Waals surface area contributed by atoms with E-state index in [2.05, 4.69) is 5.32 Å². The lowest BCUT2D eigenvalue weighted by Gasteiger charge is -2.32. The maximum Gasteiger partial charge on any atom is 0.233 e. The second-order valence-electron chi connectivity index (χ2n) is 5.62. The molecule has 2 bridgehead atoms. The fourth-order valence-electron chi connectivity index (χ4n) is 3.33. The molecule has 2 fully saturated rings. The van der Waals surface area contributed by atoms with Crippen molar-refractivity contribution in [2.45, 2.75) is 33.1 Å². The fourth-order valence-corrected chi connectivity index (χ4v) is 3.33. The van der Waals surface area contributed by atoms with Crippen LogP contribution in [0, 0.1) is 16.7 Å². The van der Waals surface area contributed by atoms with Crippen LogP contribution in [-0.2, 0) is 9.59 Å². The lowest BCUT2D eigenvalue weighted by Crippen LogP contribution is -2.48. The molecule has 0 heterocycles. The summed E-state index contributed by atoms with van der Waals surface area (Å²) >= 11 is 0. The van der Waals surface area contributed by atoms with Gasteiger partial charge in [0.1, 0.15) is 5.41 Å². The number of carbonyl (C=O) groups excluding carboxylic acids is 2. The Hall–Kier alpha value is -0.900. The van der Waals surface area contributed by atoms with E-state index in [1.807, 2.05) is 13.8 Å². The van der Waals surface area contributed by atoms with Crippen molar-refractivity contribution in [3.05, 3.63) is 0 Å². The quantitative estimate of drug-likeness (QED) is 0.684. The van der Waals surface area contributed by atoms with Gasteiger partial charge in [-0.15, -0.1) is 0 Å². The van der Waals surface area contributed by atoms with Crippen LogP contribution in [-0.4, -0.2) is 24.8 Å². The zero-order valence-electron chi connectivity index (χ0n) is 10.0. The summed E-state index contributed by atoms with van der Waals surface area (Å²) in [6, 6.07) is 0. The van der Waals surface area contributed by atoms with Crippen molar-refractivity contribution in [3.8, 4) is 0 Å². The third-order valence-corrected chi connectivity index (χ3v) is 4.42. The van der Waals surface area contributed by atoms with Crippen LogP contribution < -0.4 is 11.1 Å². The molecule has 3 N–H and O–H groups in total. The molecule has 2 rings (SSSR count). The van der Waals surface area contributed by atoms with Crippen LogP contribution >= 0.6 is 0 Å². The number of hydrogen-bond donors (Lipinski definition) is 2. The first kappa shape index (κ1) is 11.6. The summed E-state index contributed by atoms with van der Waals surface area (Å²) in [5.74, 6) is 0.408. The van der Waals surface area contributed by atoms with E-state index in [4.69, 9.17) is 5.73 Å². The monoisotopic (exact) mass is 224 g/mol. The maximum absolute atomic E-state index is 12.3. The van der Waals surface area contributed by atoms with Crippen molar-refractivity contribution in [1.29, 1.82) is 0 Å². The molecule has 2 aliphatic rings. The Morgan fingerprint density at radius 3 is 2.75 bits per heavy atom. The molecule has 16 heavy (non-hydrogen) atoms. The number of nitrogens with one attached hydrogen (secondary N) is 1. The molecule has 0 aromatic rings. The third kappa shape index (κ3) is 1.32. The van der Waals surface area contributed by atoms with E-state index in [1.54, 1.807) is 0 Å². The lowest BCUT2D eigenvalue weighted by atomic mass is 9.70. The Labute approximate surface area is 96.0 Å². The van der Waals surface area contributed by atoms with Crippen LogP contribution in [0.15, 0.2) is 0 Å². The molecule has 1 amide bonds. The summed E-state index contributed by atoms with van der Waals surface area (Å²) < 4.78 is 0. The maximum atomic E-state index is 12.3. The predicted octanol–water partition coefficient (Wildman–Crippen LogP) is 0.457. The molecule has 90 valence electrons. The molecule has 0 aliphatic heterocycles. The lowest BCUT2D eigenvalue weighted by molar-refractivity contribution is -0.145. The van der Waals surface area contributed by atoms with Crippen molar-refractivity contribution in [3.63, 3.8) is 0 Å². The number of rotatable bonds is 3. The van der Waals surface area contributed by atoms with Gasteiger partial charge in [0.05, 0.1) is 0 Å². The van der Waals surface area contributed by atoms with Gasteiger partial charge in [0, 0.05) is 18.5 Å². The van der Waals surface area contributed by atoms with Gasteiger partial charge in [0.2, 0.25) is 5.91 Å². The average molecular weight is 224 g/mol. The highest BCUT2D eigenvalue weighted by Crippen LogP contribution is 2.60. The first-order valence-corrected chi connectivity index (χ1v) is 5.98. The molecule has 0 spiro atoms. The highest BCUT2D eigenvalue weighted by molar-refractivity contribution is 6.10. The first-order valence-electron chi connectivity index (χ1n) is 5.98. The molecule has 0 aromatic heterocycles. The Morgan fingerprint density at radius 2 is 2.25 bits per heavy atom. The fraction of sp³-hybridized carbons (Fsp3) is 0.833. The molecule has 4 heteroatoms. The SMILES string of the molecule is CC1(C)C(=O)[C@]2(C(=O)NCCN)CC[C@H]1C2. The van der Waals surface area contributed by atoms with Crippen molar-refractivity contribution >= 4 is 11.7 Å². The van der Waals surface area contributed by atoms with Gasteiger partial charge in [-0.25, -0.2) is 0 Å². The number of fused-ring (bicyclic) bond motifs is 2. The molecule has 2 atom stereocenters. The summed E-state index contributed by atoms with van der Waals surface area (Å²) in [5.41, 5.74) is 4.30. The van der Waals surface area contributed by atoms with E-state index in [1.165, 1.54) is 0 Å². The van der Waals surface area contributed by atoms with Crippen molar-refractivity contribution in [1.82, 2.24) is 5.32 Å². The molecule has 4 nitrogen and oxygen atoms in total. The zero-order valence-corrected chi connectivity index (χ0v) is 10.0. The Kier molecular flexibility index (Phi) is 2.57. The Balaban J connectivity index is 2.20. The van der Waals surface area contributed by atoms with Gasteiger partial charge in [-0.1, -0.05) is 13.8 Å². The van der Waals surface area contributed by atoms with E-state index in [0.29, 0.717) is 19.0 Å². The molecule has 2 aliphatic carbocycles. The Morgan fingerprint density at radius 1 is 1.56 bits per heavy atom. The zero-order chi connectivity index (χ0) is 12.0. The number of ketones is 1. The number of hydrogen-bond acceptors (Lipinski definition) is 3. The minimum Gasteiger partial charge on any atom is -0.354 e. The van der Waals surface area contributed by atoms with Crippen molar-refractivity contribution in [2.24, 2.45) is 22.5 Å². The number of amides is 1. The van der Waals surface area contributed by atoms with E-state index < -0.39 is 5.41 Å². The smallest absolute Gasteiger partial charge is 0.233 e. The van der Waals surface area contributed by atoms with Crippen LogP contribution in [0.1, 0.15) is 33.1 Å². The van der Waals surface area contributed by atoms with Crippen LogP contribution in [0.3, 0.4) is 0 Å². The minimum absolute atomic E-state index is 0.101. The molecular weight excluding hydrogens is 204 g/mol. The van der Waals surface area contributed by atoms with Crippen LogP contribution in [0.5, 0.6) is 0 Å². The van der Waals surface area contributed by atoms with Crippen LogP contribution in [0.2, 0.25) is 0 Å². The summed E-state index contributed by atoms with van der Waals surface area (Å²) in [6.07, 6.45) is 2.44. The van der Waals surface area contributed by atoms with Crippen LogP contribution in [0.25, 0.3) is 0 Å². The summed E-state index contributed by atoms with van der Waals surface area (Å²) in [4.78, 5) is 24.4. The van der Waals surface area contributed by atoms with Gasteiger partial charge in [0.15, 0.2) is 5.78 Å². The van der Waals surface area contributed by atoms with E-state index >= 15 is 0 Å². The number of carbonyl (C=O) groups is 2. The largest absolute Gasteiger partial charge is 0.354 e. The molecular formula is C12H20N2O2. The predicted molar refractivity (Wildman–Crippen MR) is 60.6 cm³/mol. The molecule has 0 aromatic carbocycles. The van der Waals surface area contributed by atoms with Crippen LogP contribution in [0.4, 0.5) is 0 Å². The molecule has 0 saturated heterocycles. The normalized spacial score (nSPS) is 35.4. The highest BCUT2D eigenvalue weighted by atomic mass is 16.2. The third-order valence-electron chi connectivity index (χ3n) is 4.42. The average Bonchev–Trinajstić information content (AvgIpc) is 2.76. The van der Waals surface area contributed by atoms with Gasteiger partial charge >= 0.3 is 0 Å². The summed E-state index contributed by atoms with van der Waals surface area (Å²) in [7, 11) is 0. The van der Waals surface area contributed by atoms with E-state index in [-0.39, 0.29) is 17.1 Å². The first-order chi connectivity index (χ1) is 7.45. The van der Waals surface area contributed by atoms with Gasteiger partial charge in [-0.2, -0.15) is 0 Å². The van der Waals surface area contributed by atoms with E-state index in [9.17, 15) is 9.59 Å². The molecule has 0 radical (unpaired) electrons.